The first-order chi connectivity index (χ1) is 16.4. The van der Waals surface area contributed by atoms with Crippen LogP contribution in [0.4, 0.5) is 0 Å². The Morgan fingerprint density at radius 2 is 1.66 bits per heavy atom. The number of rotatable bonds is 9. The van der Waals surface area contributed by atoms with Gasteiger partial charge in [-0.15, -0.1) is 0 Å². The lowest BCUT2D eigenvalue weighted by atomic mass is 9.96. The second-order valence-corrected chi connectivity index (χ2v) is 8.45. The third-order valence-corrected chi connectivity index (χ3v) is 5.90. The number of carboxylic acid groups (broad SMARTS) is 3. The second-order valence-electron chi connectivity index (χ2n) is 8.45. The van der Waals surface area contributed by atoms with Crippen LogP contribution in [0.1, 0.15) is 61.0 Å². The van der Waals surface area contributed by atoms with Crippen LogP contribution in [0.2, 0.25) is 0 Å². The molecule has 0 radical (unpaired) electrons. The van der Waals surface area contributed by atoms with Crippen molar-refractivity contribution in [2.75, 3.05) is 0 Å². The lowest BCUT2D eigenvalue weighted by molar-refractivity contribution is -0.170. The van der Waals surface area contributed by atoms with E-state index in [0.717, 1.165) is 47.2 Å². The van der Waals surface area contributed by atoms with E-state index in [0.29, 0.717) is 6.04 Å². The summed E-state index contributed by atoms with van der Waals surface area (Å²) in [5.74, 6) is -4.83. The Kier molecular flexibility index (Phi) is 9.07. The number of aromatic nitrogens is 1. The third kappa shape index (κ3) is 6.63. The van der Waals surface area contributed by atoms with Crippen molar-refractivity contribution in [2.24, 2.45) is 0 Å². The first kappa shape index (κ1) is 27.5. The van der Waals surface area contributed by atoms with E-state index in [2.05, 4.69) is 37.0 Å². The molecular weight excluding hydrogens is 456 g/mol. The van der Waals surface area contributed by atoms with Crippen LogP contribution in [-0.2, 0) is 20.9 Å². The van der Waals surface area contributed by atoms with Gasteiger partial charge in [0.2, 0.25) is 0 Å². The number of benzene rings is 1. The standard InChI is InChI=1S/C19H22N2O.C6H8O7/c1-4-17(5-2)21-12-16-10-15(14-7-6-8-20-11-14)9-13(3)18(16)19(21)22;7-3(8)1-6(13,5(11)12)2-4(9)10/h6-11,17H,4-5,12H2,1-3H3;13H,1-2H2,(H,7,8)(H,9,10)(H,11,12). The van der Waals surface area contributed by atoms with Gasteiger partial charge in [0, 0.05) is 36.1 Å². The highest BCUT2D eigenvalue weighted by molar-refractivity contribution is 6.00. The van der Waals surface area contributed by atoms with Gasteiger partial charge in [-0.2, -0.15) is 0 Å². The normalized spacial score (nSPS) is 12.7. The summed E-state index contributed by atoms with van der Waals surface area (Å²) in [6, 6.07) is 8.59. The van der Waals surface area contributed by atoms with Gasteiger partial charge < -0.3 is 25.3 Å². The largest absolute Gasteiger partial charge is 0.481 e. The van der Waals surface area contributed by atoms with E-state index in [9.17, 15) is 19.2 Å². The molecule has 0 atom stereocenters. The molecule has 0 saturated carbocycles. The van der Waals surface area contributed by atoms with Crippen molar-refractivity contribution in [3.8, 4) is 11.1 Å². The summed E-state index contributed by atoms with van der Waals surface area (Å²) in [7, 11) is 0. The summed E-state index contributed by atoms with van der Waals surface area (Å²) in [5.41, 5.74) is 2.62. The van der Waals surface area contributed by atoms with Gasteiger partial charge in [0.25, 0.3) is 5.91 Å². The number of aryl methyl sites for hydroxylation is 1. The predicted molar refractivity (Wildman–Crippen MR) is 126 cm³/mol. The zero-order valence-electron chi connectivity index (χ0n) is 19.9. The van der Waals surface area contributed by atoms with Crippen LogP contribution in [0.25, 0.3) is 11.1 Å². The highest BCUT2D eigenvalue weighted by Crippen LogP contribution is 2.33. The molecule has 0 aliphatic carbocycles. The van der Waals surface area contributed by atoms with Crippen LogP contribution in [0.5, 0.6) is 0 Å². The third-order valence-electron chi connectivity index (χ3n) is 5.90. The van der Waals surface area contributed by atoms with Gasteiger partial charge >= 0.3 is 17.9 Å². The Hall–Kier alpha value is -3.79. The molecule has 1 aliphatic rings. The molecule has 0 fully saturated rings. The summed E-state index contributed by atoms with van der Waals surface area (Å²) in [6.07, 6.45) is 3.37. The highest BCUT2D eigenvalue weighted by atomic mass is 16.4. The molecule has 0 saturated heterocycles. The van der Waals surface area contributed by atoms with Crippen LogP contribution >= 0.6 is 0 Å². The molecular formula is C25H30N2O8. The van der Waals surface area contributed by atoms with E-state index in [-0.39, 0.29) is 5.91 Å². The Morgan fingerprint density at radius 1 is 1.06 bits per heavy atom. The molecule has 0 spiro atoms. The van der Waals surface area contributed by atoms with E-state index < -0.39 is 36.4 Å². The van der Waals surface area contributed by atoms with Gasteiger partial charge in [0.05, 0.1) is 12.8 Å². The SMILES string of the molecule is CCC(CC)N1Cc2cc(-c3cccnc3)cc(C)c2C1=O.O=C(O)CC(O)(CC(=O)O)C(=O)O. The first-order valence-corrected chi connectivity index (χ1v) is 11.2. The number of aliphatic hydroxyl groups is 1. The van der Waals surface area contributed by atoms with Gasteiger partial charge in [-0.1, -0.05) is 26.0 Å². The Morgan fingerprint density at radius 3 is 2.11 bits per heavy atom. The fourth-order valence-electron chi connectivity index (χ4n) is 4.13. The van der Waals surface area contributed by atoms with Crippen molar-refractivity contribution in [1.29, 1.82) is 0 Å². The fourth-order valence-corrected chi connectivity index (χ4v) is 4.13. The molecule has 188 valence electrons. The Labute approximate surface area is 202 Å². The Balaban J connectivity index is 0.000000287. The molecule has 3 rings (SSSR count). The van der Waals surface area contributed by atoms with Crippen molar-refractivity contribution in [1.82, 2.24) is 9.88 Å². The number of nitrogens with zero attached hydrogens (tertiary/aromatic N) is 2. The molecule has 1 aliphatic heterocycles. The number of carbonyl (C=O) groups excluding carboxylic acids is 1. The molecule has 2 aromatic rings. The lowest BCUT2D eigenvalue weighted by Crippen LogP contribution is -2.42. The molecule has 1 aromatic carbocycles. The molecule has 10 nitrogen and oxygen atoms in total. The van der Waals surface area contributed by atoms with E-state index in [4.69, 9.17) is 20.4 Å². The maximum absolute atomic E-state index is 12.7. The summed E-state index contributed by atoms with van der Waals surface area (Å²) in [4.78, 5) is 49.4. The molecule has 0 unspecified atom stereocenters. The minimum Gasteiger partial charge on any atom is -0.481 e. The van der Waals surface area contributed by atoms with Crippen LogP contribution in [0.3, 0.4) is 0 Å². The van der Waals surface area contributed by atoms with Crippen molar-refractivity contribution < 1.29 is 39.6 Å². The molecule has 4 N–H and O–H groups in total. The average Bonchev–Trinajstić information content (AvgIpc) is 3.11. The number of aliphatic carboxylic acids is 3. The van der Waals surface area contributed by atoms with Gasteiger partial charge in [0.1, 0.15) is 0 Å². The van der Waals surface area contributed by atoms with Crippen LogP contribution in [0, 0.1) is 6.92 Å². The molecule has 10 heteroatoms. The minimum absolute atomic E-state index is 0.193. The van der Waals surface area contributed by atoms with Gasteiger partial charge in [-0.25, -0.2) is 4.79 Å². The zero-order valence-corrected chi connectivity index (χ0v) is 19.9. The number of pyridine rings is 1. The molecule has 2 heterocycles. The number of carbonyl (C=O) groups is 4. The summed E-state index contributed by atoms with van der Waals surface area (Å²) in [6.45, 7) is 7.07. The van der Waals surface area contributed by atoms with E-state index in [1.807, 2.05) is 24.1 Å². The van der Waals surface area contributed by atoms with E-state index in [1.165, 1.54) is 0 Å². The lowest BCUT2D eigenvalue weighted by Gasteiger charge is -2.25. The van der Waals surface area contributed by atoms with Gasteiger partial charge in [0.15, 0.2) is 5.60 Å². The smallest absolute Gasteiger partial charge is 0.336 e. The molecule has 1 amide bonds. The van der Waals surface area contributed by atoms with Crippen LogP contribution < -0.4 is 0 Å². The first-order valence-electron chi connectivity index (χ1n) is 11.2. The number of fused-ring (bicyclic) bond motifs is 1. The minimum atomic E-state index is -2.74. The maximum atomic E-state index is 12.7. The molecule has 35 heavy (non-hydrogen) atoms. The quantitative estimate of drug-likeness (QED) is 0.417. The van der Waals surface area contributed by atoms with Crippen molar-refractivity contribution in [2.45, 2.75) is 64.6 Å². The van der Waals surface area contributed by atoms with Crippen LogP contribution in [-0.4, -0.2) is 65.8 Å². The van der Waals surface area contributed by atoms with Crippen molar-refractivity contribution >= 4 is 23.8 Å². The van der Waals surface area contributed by atoms with Crippen molar-refractivity contribution in [3.05, 3.63) is 53.3 Å². The van der Waals surface area contributed by atoms with E-state index in [1.54, 1.807) is 6.20 Å². The number of hydrogen-bond acceptors (Lipinski definition) is 6. The second kappa shape index (κ2) is 11.6. The highest BCUT2D eigenvalue weighted by Gasteiger charge is 2.40. The fraction of sp³-hybridized carbons (Fsp3) is 0.400. The predicted octanol–water partition coefficient (Wildman–Crippen LogP) is 2.95. The van der Waals surface area contributed by atoms with Crippen LogP contribution in [0.15, 0.2) is 36.7 Å². The number of carboxylic acids is 3. The van der Waals surface area contributed by atoms with Gasteiger partial charge in [-0.05, 0) is 48.6 Å². The molecule has 0 bridgehead atoms. The Bertz CT molecular complexity index is 1080. The summed E-state index contributed by atoms with van der Waals surface area (Å²) in [5, 5.41) is 33.8. The summed E-state index contributed by atoms with van der Waals surface area (Å²) < 4.78 is 0. The average molecular weight is 487 g/mol. The van der Waals surface area contributed by atoms with Crippen molar-refractivity contribution in [3.63, 3.8) is 0 Å². The number of amides is 1. The topological polar surface area (TPSA) is 165 Å². The van der Waals surface area contributed by atoms with E-state index >= 15 is 0 Å². The zero-order chi connectivity index (χ0) is 26.3. The molecule has 1 aromatic heterocycles. The van der Waals surface area contributed by atoms with Gasteiger partial charge in [-0.3, -0.25) is 19.4 Å². The monoisotopic (exact) mass is 486 g/mol. The maximum Gasteiger partial charge on any atom is 0.336 e. The number of hydrogen-bond donors (Lipinski definition) is 4. The summed E-state index contributed by atoms with van der Waals surface area (Å²) >= 11 is 0.